The molecule has 1 aliphatic heterocycles. The molecule has 0 bridgehead atoms. The summed E-state index contributed by atoms with van der Waals surface area (Å²) in [4.78, 5) is 0. The second-order valence-electron chi connectivity index (χ2n) is 4.29. The Bertz CT molecular complexity index is 367. The van der Waals surface area contributed by atoms with E-state index in [2.05, 4.69) is 0 Å². The van der Waals surface area contributed by atoms with E-state index in [-0.39, 0.29) is 12.5 Å². The summed E-state index contributed by atoms with van der Waals surface area (Å²) in [6, 6.07) is 6.86. The fraction of sp³-hybridized carbons (Fsp3) is 0.500. The Balaban J connectivity index is 1.90. The maximum absolute atomic E-state index is 12.1. The fourth-order valence-corrected chi connectivity index (χ4v) is 1.96. The van der Waals surface area contributed by atoms with Gasteiger partial charge in [0.2, 0.25) is 0 Å². The number of benzene rings is 1. The SMILES string of the molecule is NC(CCC(F)(F)F)C1Cc2ccccc2O1. The Morgan fingerprint density at radius 2 is 2.06 bits per heavy atom. The molecule has 0 aromatic heterocycles. The molecule has 0 aliphatic carbocycles. The minimum Gasteiger partial charge on any atom is -0.488 e. The van der Waals surface area contributed by atoms with Crippen LogP contribution in [0.2, 0.25) is 0 Å². The van der Waals surface area contributed by atoms with E-state index in [0.717, 1.165) is 11.3 Å². The number of fused-ring (bicyclic) bond motifs is 1. The van der Waals surface area contributed by atoms with E-state index in [1.54, 1.807) is 0 Å². The van der Waals surface area contributed by atoms with Gasteiger partial charge in [-0.25, -0.2) is 0 Å². The van der Waals surface area contributed by atoms with Gasteiger partial charge in [0, 0.05) is 18.9 Å². The fourth-order valence-electron chi connectivity index (χ4n) is 1.96. The molecule has 0 radical (unpaired) electrons. The van der Waals surface area contributed by atoms with Crippen molar-refractivity contribution >= 4 is 0 Å². The maximum Gasteiger partial charge on any atom is 0.389 e. The van der Waals surface area contributed by atoms with Crippen LogP contribution in [-0.4, -0.2) is 18.3 Å². The van der Waals surface area contributed by atoms with Crippen LogP contribution in [0.25, 0.3) is 0 Å². The average Bonchev–Trinajstić information content (AvgIpc) is 2.68. The minimum atomic E-state index is -4.15. The molecule has 17 heavy (non-hydrogen) atoms. The minimum absolute atomic E-state index is 0.0951. The van der Waals surface area contributed by atoms with Crippen molar-refractivity contribution in [2.24, 2.45) is 5.73 Å². The Labute approximate surface area is 97.6 Å². The number of para-hydroxylation sites is 1. The van der Waals surface area contributed by atoms with Crippen molar-refractivity contribution < 1.29 is 17.9 Å². The predicted molar refractivity (Wildman–Crippen MR) is 57.8 cm³/mol. The van der Waals surface area contributed by atoms with E-state index < -0.39 is 18.6 Å². The van der Waals surface area contributed by atoms with Gasteiger partial charge in [0.15, 0.2) is 0 Å². The maximum atomic E-state index is 12.1. The van der Waals surface area contributed by atoms with E-state index in [0.29, 0.717) is 6.42 Å². The zero-order valence-corrected chi connectivity index (χ0v) is 9.20. The second-order valence-corrected chi connectivity index (χ2v) is 4.29. The van der Waals surface area contributed by atoms with Crippen molar-refractivity contribution in [2.45, 2.75) is 37.6 Å². The summed E-state index contributed by atoms with van der Waals surface area (Å²) in [5, 5.41) is 0. The standard InChI is InChI=1S/C12H14F3NO/c13-12(14,15)6-5-9(16)11-7-8-3-1-2-4-10(8)17-11/h1-4,9,11H,5-7,16H2. The zero-order valence-electron chi connectivity index (χ0n) is 9.20. The third-order valence-electron chi connectivity index (χ3n) is 2.91. The lowest BCUT2D eigenvalue weighted by Gasteiger charge is -2.19. The molecular weight excluding hydrogens is 231 g/mol. The monoisotopic (exact) mass is 245 g/mol. The van der Waals surface area contributed by atoms with Gasteiger partial charge in [-0.2, -0.15) is 13.2 Å². The molecule has 1 aromatic carbocycles. The molecule has 0 saturated heterocycles. The number of hydrogen-bond donors (Lipinski definition) is 1. The number of hydrogen-bond acceptors (Lipinski definition) is 2. The van der Waals surface area contributed by atoms with Crippen LogP contribution in [0.5, 0.6) is 5.75 Å². The molecule has 1 aliphatic rings. The van der Waals surface area contributed by atoms with Crippen molar-refractivity contribution in [1.29, 1.82) is 0 Å². The van der Waals surface area contributed by atoms with Crippen LogP contribution in [0.3, 0.4) is 0 Å². The van der Waals surface area contributed by atoms with Crippen molar-refractivity contribution in [3.8, 4) is 5.75 Å². The van der Waals surface area contributed by atoms with E-state index in [9.17, 15) is 13.2 Å². The lowest BCUT2D eigenvalue weighted by atomic mass is 10.0. The van der Waals surface area contributed by atoms with E-state index in [4.69, 9.17) is 10.5 Å². The zero-order chi connectivity index (χ0) is 12.5. The highest BCUT2D eigenvalue weighted by Gasteiger charge is 2.32. The van der Waals surface area contributed by atoms with E-state index >= 15 is 0 Å². The molecule has 2 N–H and O–H groups in total. The Morgan fingerprint density at radius 3 is 2.71 bits per heavy atom. The molecule has 0 amide bonds. The van der Waals surface area contributed by atoms with Crippen LogP contribution in [0.1, 0.15) is 18.4 Å². The normalized spacial score (nSPS) is 20.8. The Hall–Kier alpha value is -1.23. The molecule has 2 atom stereocenters. The molecule has 1 heterocycles. The van der Waals surface area contributed by atoms with Gasteiger partial charge in [-0.15, -0.1) is 0 Å². The number of alkyl halides is 3. The van der Waals surface area contributed by atoms with E-state index in [1.165, 1.54) is 0 Å². The number of ether oxygens (including phenoxy) is 1. The molecule has 1 aromatic rings. The Kier molecular flexibility index (Phi) is 3.28. The summed E-state index contributed by atoms with van der Waals surface area (Å²) in [6.07, 6.45) is -4.85. The van der Waals surface area contributed by atoms with Crippen LogP contribution >= 0.6 is 0 Å². The smallest absolute Gasteiger partial charge is 0.389 e. The molecule has 0 saturated carbocycles. The number of halogens is 3. The largest absolute Gasteiger partial charge is 0.488 e. The van der Waals surface area contributed by atoms with Crippen LogP contribution in [-0.2, 0) is 6.42 Å². The Morgan fingerprint density at radius 1 is 1.35 bits per heavy atom. The molecule has 2 rings (SSSR count). The lowest BCUT2D eigenvalue weighted by molar-refractivity contribution is -0.137. The summed E-state index contributed by atoms with van der Waals surface area (Å²) in [5.41, 5.74) is 6.75. The van der Waals surface area contributed by atoms with Crippen LogP contribution in [0.4, 0.5) is 13.2 Å². The van der Waals surface area contributed by atoms with Gasteiger partial charge in [-0.3, -0.25) is 0 Å². The summed E-state index contributed by atoms with van der Waals surface area (Å²) >= 11 is 0. The first-order valence-electron chi connectivity index (χ1n) is 5.52. The quantitative estimate of drug-likeness (QED) is 0.888. The van der Waals surface area contributed by atoms with Crippen molar-refractivity contribution in [3.63, 3.8) is 0 Å². The molecule has 2 unspecified atom stereocenters. The van der Waals surface area contributed by atoms with Crippen molar-refractivity contribution in [2.75, 3.05) is 0 Å². The van der Waals surface area contributed by atoms with Crippen LogP contribution in [0.15, 0.2) is 24.3 Å². The highest BCUT2D eigenvalue weighted by molar-refractivity contribution is 5.37. The summed E-state index contributed by atoms with van der Waals surface area (Å²) in [6.45, 7) is 0. The molecule has 5 heteroatoms. The van der Waals surface area contributed by atoms with Gasteiger partial charge in [0.05, 0.1) is 0 Å². The highest BCUT2D eigenvalue weighted by Crippen LogP contribution is 2.31. The highest BCUT2D eigenvalue weighted by atomic mass is 19.4. The van der Waals surface area contributed by atoms with Gasteiger partial charge in [-0.1, -0.05) is 18.2 Å². The van der Waals surface area contributed by atoms with Crippen molar-refractivity contribution in [3.05, 3.63) is 29.8 Å². The average molecular weight is 245 g/mol. The molecule has 0 fully saturated rings. The molecule has 0 spiro atoms. The first kappa shape index (κ1) is 12.2. The first-order valence-corrected chi connectivity index (χ1v) is 5.52. The van der Waals surface area contributed by atoms with E-state index in [1.807, 2.05) is 24.3 Å². The third-order valence-corrected chi connectivity index (χ3v) is 2.91. The first-order chi connectivity index (χ1) is 7.96. The number of rotatable bonds is 3. The van der Waals surface area contributed by atoms with Gasteiger partial charge in [-0.05, 0) is 18.1 Å². The number of nitrogens with two attached hydrogens (primary N) is 1. The summed E-state index contributed by atoms with van der Waals surface area (Å²) < 4.78 is 41.8. The van der Waals surface area contributed by atoms with Crippen LogP contribution in [0, 0.1) is 0 Å². The molecule has 94 valence electrons. The second kappa shape index (κ2) is 4.56. The third kappa shape index (κ3) is 3.12. The predicted octanol–water partition coefficient (Wildman–Crippen LogP) is 2.66. The van der Waals surface area contributed by atoms with Gasteiger partial charge < -0.3 is 10.5 Å². The van der Waals surface area contributed by atoms with Crippen molar-refractivity contribution in [1.82, 2.24) is 0 Å². The van der Waals surface area contributed by atoms with Gasteiger partial charge in [0.25, 0.3) is 0 Å². The summed E-state index contributed by atoms with van der Waals surface area (Å²) in [7, 11) is 0. The van der Waals surface area contributed by atoms with Gasteiger partial charge >= 0.3 is 6.18 Å². The lowest BCUT2D eigenvalue weighted by Crippen LogP contribution is -2.38. The molecular formula is C12H14F3NO. The summed E-state index contributed by atoms with van der Waals surface area (Å²) in [5.74, 6) is 0.736. The van der Waals surface area contributed by atoms with Crippen LogP contribution < -0.4 is 10.5 Å². The topological polar surface area (TPSA) is 35.2 Å². The van der Waals surface area contributed by atoms with Gasteiger partial charge in [0.1, 0.15) is 11.9 Å². The molecule has 2 nitrogen and oxygen atoms in total.